The number of halogens is 1. The summed E-state index contributed by atoms with van der Waals surface area (Å²) in [6.45, 7) is 2.22. The predicted octanol–water partition coefficient (Wildman–Crippen LogP) is 3.23. The smallest absolute Gasteiger partial charge is 0.137 e. The molecule has 0 aromatic heterocycles. The van der Waals surface area contributed by atoms with Gasteiger partial charge in [-0.3, -0.25) is 0 Å². The summed E-state index contributed by atoms with van der Waals surface area (Å²) in [4.78, 5) is 0. The molecule has 2 aromatic rings. The summed E-state index contributed by atoms with van der Waals surface area (Å²) < 4.78 is 24.9. The summed E-state index contributed by atoms with van der Waals surface area (Å²) in [6.07, 6.45) is 0.755. The normalized spacial score (nSPS) is 18.0. The van der Waals surface area contributed by atoms with Crippen LogP contribution in [0.5, 0.6) is 11.5 Å². The zero-order valence-corrected chi connectivity index (χ0v) is 11.9. The van der Waals surface area contributed by atoms with E-state index < -0.39 is 0 Å². The first-order chi connectivity index (χ1) is 10.1. The minimum atomic E-state index is -0.329. The zero-order chi connectivity index (χ0) is 14.8. The van der Waals surface area contributed by atoms with Gasteiger partial charge in [-0.05, 0) is 24.6 Å². The van der Waals surface area contributed by atoms with Gasteiger partial charge < -0.3 is 15.2 Å². The highest BCUT2D eigenvalue weighted by Crippen LogP contribution is 2.30. The highest BCUT2D eigenvalue weighted by Gasteiger charge is 2.23. The number of fused-ring (bicyclic) bond motifs is 1. The molecule has 0 radical (unpaired) electrons. The first kappa shape index (κ1) is 13.9. The van der Waals surface area contributed by atoms with Crippen molar-refractivity contribution in [2.24, 2.45) is 5.73 Å². The number of ether oxygens (including phenoxy) is 2. The fourth-order valence-corrected chi connectivity index (χ4v) is 2.54. The SMILES string of the molecule is C[C@@H](N)c1ccc(F)cc1OCC1Cc2ccccc2O1. The Morgan fingerprint density at radius 2 is 2.14 bits per heavy atom. The molecule has 2 aromatic carbocycles. The first-order valence-electron chi connectivity index (χ1n) is 7.06. The standard InChI is InChI=1S/C17H18FNO2/c1-11(19)15-7-6-13(18)9-17(15)20-10-14-8-12-4-2-3-5-16(12)21-14/h2-7,9,11,14H,8,10,19H2,1H3/t11-,14?/m1/s1. The quantitative estimate of drug-likeness (QED) is 0.939. The molecule has 21 heavy (non-hydrogen) atoms. The van der Waals surface area contributed by atoms with Gasteiger partial charge in [-0.15, -0.1) is 0 Å². The van der Waals surface area contributed by atoms with Crippen LogP contribution in [0.4, 0.5) is 4.39 Å². The van der Waals surface area contributed by atoms with Crippen molar-refractivity contribution in [2.45, 2.75) is 25.5 Å². The Morgan fingerprint density at radius 1 is 1.33 bits per heavy atom. The third-order valence-corrected chi connectivity index (χ3v) is 3.60. The first-order valence-corrected chi connectivity index (χ1v) is 7.06. The average Bonchev–Trinajstić information content (AvgIpc) is 2.87. The van der Waals surface area contributed by atoms with Crippen LogP contribution in [0.3, 0.4) is 0 Å². The Labute approximate surface area is 123 Å². The van der Waals surface area contributed by atoms with Gasteiger partial charge >= 0.3 is 0 Å². The van der Waals surface area contributed by atoms with Crippen molar-refractivity contribution < 1.29 is 13.9 Å². The maximum Gasteiger partial charge on any atom is 0.137 e. The highest BCUT2D eigenvalue weighted by atomic mass is 19.1. The second kappa shape index (κ2) is 5.74. The fourth-order valence-electron chi connectivity index (χ4n) is 2.54. The van der Waals surface area contributed by atoms with Crippen molar-refractivity contribution >= 4 is 0 Å². The van der Waals surface area contributed by atoms with Gasteiger partial charge in [0.15, 0.2) is 0 Å². The zero-order valence-electron chi connectivity index (χ0n) is 11.9. The van der Waals surface area contributed by atoms with Crippen LogP contribution in [0.1, 0.15) is 24.1 Å². The predicted molar refractivity (Wildman–Crippen MR) is 79.1 cm³/mol. The van der Waals surface area contributed by atoms with Crippen molar-refractivity contribution in [2.75, 3.05) is 6.61 Å². The lowest BCUT2D eigenvalue weighted by molar-refractivity contribution is 0.147. The Hall–Kier alpha value is -2.07. The number of para-hydroxylation sites is 1. The minimum Gasteiger partial charge on any atom is -0.489 e. The lowest BCUT2D eigenvalue weighted by atomic mass is 10.1. The van der Waals surface area contributed by atoms with E-state index in [0.717, 1.165) is 17.7 Å². The van der Waals surface area contributed by atoms with Gasteiger partial charge in [0.1, 0.15) is 30.0 Å². The summed E-state index contributed by atoms with van der Waals surface area (Å²) in [5.41, 5.74) is 7.86. The van der Waals surface area contributed by atoms with E-state index in [9.17, 15) is 4.39 Å². The van der Waals surface area contributed by atoms with Gasteiger partial charge in [0.25, 0.3) is 0 Å². The van der Waals surface area contributed by atoms with Crippen molar-refractivity contribution in [3.05, 3.63) is 59.4 Å². The second-order valence-corrected chi connectivity index (χ2v) is 5.33. The molecule has 4 heteroatoms. The highest BCUT2D eigenvalue weighted by molar-refractivity contribution is 5.38. The molecular weight excluding hydrogens is 269 g/mol. The average molecular weight is 287 g/mol. The maximum absolute atomic E-state index is 13.4. The van der Waals surface area contributed by atoms with Gasteiger partial charge in [-0.25, -0.2) is 4.39 Å². The van der Waals surface area contributed by atoms with Gasteiger partial charge in [-0.1, -0.05) is 24.3 Å². The third kappa shape index (κ3) is 3.00. The molecule has 2 N–H and O–H groups in total. The van der Waals surface area contributed by atoms with Crippen LogP contribution in [-0.2, 0) is 6.42 Å². The van der Waals surface area contributed by atoms with E-state index in [1.54, 1.807) is 6.07 Å². The van der Waals surface area contributed by atoms with Gasteiger partial charge in [-0.2, -0.15) is 0 Å². The summed E-state index contributed by atoms with van der Waals surface area (Å²) in [7, 11) is 0. The van der Waals surface area contributed by atoms with Crippen LogP contribution < -0.4 is 15.2 Å². The Morgan fingerprint density at radius 3 is 2.90 bits per heavy atom. The molecule has 3 nitrogen and oxygen atoms in total. The Bertz CT molecular complexity index is 617. The summed E-state index contributed by atoms with van der Waals surface area (Å²) in [5, 5.41) is 0. The second-order valence-electron chi connectivity index (χ2n) is 5.33. The van der Waals surface area contributed by atoms with Gasteiger partial charge in [0.05, 0.1) is 0 Å². The molecule has 0 bridgehead atoms. The minimum absolute atomic E-state index is 0.0494. The maximum atomic E-state index is 13.4. The topological polar surface area (TPSA) is 44.5 Å². The van der Waals surface area contributed by atoms with Crippen LogP contribution in [0.15, 0.2) is 42.5 Å². The number of nitrogens with two attached hydrogens (primary N) is 1. The third-order valence-electron chi connectivity index (χ3n) is 3.60. The van der Waals surface area contributed by atoms with E-state index in [1.807, 2.05) is 31.2 Å². The lowest BCUT2D eigenvalue weighted by Gasteiger charge is -2.17. The van der Waals surface area contributed by atoms with Crippen LogP contribution in [0.2, 0.25) is 0 Å². The van der Waals surface area contributed by atoms with Gasteiger partial charge in [0, 0.05) is 24.1 Å². The summed E-state index contributed by atoms with van der Waals surface area (Å²) in [5.74, 6) is 1.06. The molecule has 1 heterocycles. The molecule has 2 atom stereocenters. The molecule has 0 fully saturated rings. The Balaban J connectivity index is 1.68. The van der Waals surface area contributed by atoms with Crippen LogP contribution in [0.25, 0.3) is 0 Å². The van der Waals surface area contributed by atoms with Crippen molar-refractivity contribution in [3.63, 3.8) is 0 Å². The van der Waals surface area contributed by atoms with Crippen LogP contribution >= 0.6 is 0 Å². The summed E-state index contributed by atoms with van der Waals surface area (Å²) >= 11 is 0. The molecule has 0 spiro atoms. The van der Waals surface area contributed by atoms with E-state index in [1.165, 1.54) is 17.7 Å². The molecule has 0 saturated heterocycles. The Kier molecular flexibility index (Phi) is 3.80. The number of rotatable bonds is 4. The monoisotopic (exact) mass is 287 g/mol. The molecule has 1 aliphatic heterocycles. The van der Waals surface area contributed by atoms with Crippen molar-refractivity contribution in [1.29, 1.82) is 0 Å². The molecule has 110 valence electrons. The van der Waals surface area contributed by atoms with E-state index in [0.29, 0.717) is 12.4 Å². The molecule has 0 saturated carbocycles. The molecule has 0 aliphatic carbocycles. The number of benzene rings is 2. The van der Waals surface area contributed by atoms with Gasteiger partial charge in [0.2, 0.25) is 0 Å². The molecular formula is C17H18FNO2. The number of hydrogen-bond acceptors (Lipinski definition) is 3. The van der Waals surface area contributed by atoms with E-state index >= 15 is 0 Å². The molecule has 1 unspecified atom stereocenters. The van der Waals surface area contributed by atoms with E-state index in [4.69, 9.17) is 15.2 Å². The summed E-state index contributed by atoms with van der Waals surface area (Å²) in [6, 6.07) is 12.2. The molecule has 1 aliphatic rings. The van der Waals surface area contributed by atoms with E-state index in [2.05, 4.69) is 0 Å². The van der Waals surface area contributed by atoms with Crippen LogP contribution in [-0.4, -0.2) is 12.7 Å². The van der Waals surface area contributed by atoms with Crippen molar-refractivity contribution in [1.82, 2.24) is 0 Å². The largest absolute Gasteiger partial charge is 0.489 e. The number of hydrogen-bond donors (Lipinski definition) is 1. The lowest BCUT2D eigenvalue weighted by Crippen LogP contribution is -2.23. The van der Waals surface area contributed by atoms with Crippen LogP contribution in [0, 0.1) is 5.82 Å². The van der Waals surface area contributed by atoms with E-state index in [-0.39, 0.29) is 18.0 Å². The molecule has 0 amide bonds. The molecule has 3 rings (SSSR count). The fraction of sp³-hybridized carbons (Fsp3) is 0.294. The van der Waals surface area contributed by atoms with Crippen molar-refractivity contribution in [3.8, 4) is 11.5 Å².